The Balaban J connectivity index is 1.58. The summed E-state index contributed by atoms with van der Waals surface area (Å²) in [5.41, 5.74) is 0. The predicted octanol–water partition coefficient (Wildman–Crippen LogP) is 2.74. The number of aliphatic hydroxyl groups is 2. The third kappa shape index (κ3) is 6.45. The monoisotopic (exact) mass is 360 g/mol. The van der Waals surface area contributed by atoms with Crippen LogP contribution in [0.1, 0.15) is 71.1 Å². The Morgan fingerprint density at radius 3 is 2.16 bits per heavy atom. The zero-order valence-electron chi connectivity index (χ0n) is 15.8. The van der Waals surface area contributed by atoms with Gasteiger partial charge in [-0.1, -0.05) is 58.3 Å². The van der Waals surface area contributed by atoms with Gasteiger partial charge in [0, 0.05) is 7.11 Å². The van der Waals surface area contributed by atoms with E-state index in [1.54, 1.807) is 0 Å². The van der Waals surface area contributed by atoms with E-state index in [0.717, 1.165) is 12.8 Å². The zero-order chi connectivity index (χ0) is 18.1. The molecule has 0 radical (unpaired) electrons. The number of hydrogen-bond acceptors (Lipinski definition) is 6. The molecule has 6 heteroatoms. The van der Waals surface area contributed by atoms with E-state index in [0.29, 0.717) is 6.61 Å². The molecule has 2 aliphatic heterocycles. The number of hydrogen-bond donors (Lipinski definition) is 2. The Kier molecular flexibility index (Phi) is 9.66. The van der Waals surface area contributed by atoms with Gasteiger partial charge in [-0.3, -0.25) is 0 Å². The van der Waals surface area contributed by atoms with E-state index in [4.69, 9.17) is 18.9 Å². The van der Waals surface area contributed by atoms with Gasteiger partial charge in [0.2, 0.25) is 0 Å². The first-order valence-electron chi connectivity index (χ1n) is 9.98. The lowest BCUT2D eigenvalue weighted by molar-refractivity contribution is -0.356. The second-order valence-corrected chi connectivity index (χ2v) is 7.24. The largest absolute Gasteiger partial charge is 0.387 e. The molecule has 0 amide bonds. The molecule has 0 bridgehead atoms. The van der Waals surface area contributed by atoms with E-state index in [1.165, 1.54) is 58.5 Å². The smallest absolute Gasteiger partial charge is 0.186 e. The van der Waals surface area contributed by atoms with Crippen LogP contribution in [-0.2, 0) is 18.9 Å². The normalized spacial score (nSPS) is 35.5. The summed E-state index contributed by atoms with van der Waals surface area (Å²) in [5, 5.41) is 20.2. The van der Waals surface area contributed by atoms with Crippen LogP contribution >= 0.6 is 0 Å². The second-order valence-electron chi connectivity index (χ2n) is 7.24. The maximum Gasteiger partial charge on any atom is 0.186 e. The molecule has 2 heterocycles. The standard InChI is InChI=1S/C19H36O6/c1-3-4-5-6-7-8-9-10-11-12-15-23-13-14-18(25-15)16(20)17(21)19(22-2)24-14/h14-21H,3-13H2,1-2H3. The Hall–Kier alpha value is -0.240. The highest BCUT2D eigenvalue weighted by molar-refractivity contribution is 4.92. The van der Waals surface area contributed by atoms with Crippen molar-refractivity contribution in [1.29, 1.82) is 0 Å². The van der Waals surface area contributed by atoms with Gasteiger partial charge in [0.25, 0.3) is 0 Å². The maximum absolute atomic E-state index is 10.2. The molecule has 0 spiro atoms. The van der Waals surface area contributed by atoms with Crippen LogP contribution in [0.25, 0.3) is 0 Å². The fraction of sp³-hybridized carbons (Fsp3) is 1.00. The van der Waals surface area contributed by atoms with Crippen LogP contribution in [0.5, 0.6) is 0 Å². The number of methoxy groups -OCH3 is 1. The van der Waals surface area contributed by atoms with Crippen LogP contribution in [-0.4, -0.2) is 60.9 Å². The Labute approximate surface area is 151 Å². The van der Waals surface area contributed by atoms with Gasteiger partial charge < -0.3 is 29.2 Å². The van der Waals surface area contributed by atoms with Crippen molar-refractivity contribution in [2.45, 2.75) is 108 Å². The van der Waals surface area contributed by atoms with Crippen LogP contribution < -0.4 is 0 Å². The van der Waals surface area contributed by atoms with Crippen molar-refractivity contribution in [2.75, 3.05) is 13.7 Å². The van der Waals surface area contributed by atoms with Gasteiger partial charge in [-0.05, 0) is 12.8 Å². The fourth-order valence-corrected chi connectivity index (χ4v) is 3.59. The number of aliphatic hydroxyl groups excluding tert-OH is 2. The summed E-state index contributed by atoms with van der Waals surface area (Å²) in [6.45, 7) is 2.60. The minimum absolute atomic E-state index is 0.324. The van der Waals surface area contributed by atoms with Crippen LogP contribution in [0.4, 0.5) is 0 Å². The van der Waals surface area contributed by atoms with Gasteiger partial charge in [0.05, 0.1) is 6.61 Å². The summed E-state index contributed by atoms with van der Waals surface area (Å²) < 4.78 is 22.2. The van der Waals surface area contributed by atoms with Gasteiger partial charge in [0.1, 0.15) is 24.4 Å². The molecule has 2 saturated heterocycles. The molecule has 2 rings (SSSR count). The van der Waals surface area contributed by atoms with Crippen molar-refractivity contribution in [3.63, 3.8) is 0 Å². The zero-order valence-corrected chi connectivity index (χ0v) is 15.8. The SMILES string of the molecule is CCCCCCCCCCCC1OCC2OC(OC)C(O)C(O)C2O1. The van der Waals surface area contributed by atoms with Crippen molar-refractivity contribution in [3.05, 3.63) is 0 Å². The number of unbranched alkanes of at least 4 members (excludes halogenated alkanes) is 8. The summed E-state index contributed by atoms with van der Waals surface area (Å²) in [4.78, 5) is 0. The second kappa shape index (κ2) is 11.5. The van der Waals surface area contributed by atoms with E-state index in [-0.39, 0.29) is 6.29 Å². The highest BCUT2D eigenvalue weighted by Gasteiger charge is 2.48. The fourth-order valence-electron chi connectivity index (χ4n) is 3.59. The molecule has 0 saturated carbocycles. The highest BCUT2D eigenvalue weighted by atomic mass is 16.7. The first-order valence-corrected chi connectivity index (χ1v) is 9.98. The van der Waals surface area contributed by atoms with E-state index in [2.05, 4.69) is 6.92 Å². The molecular weight excluding hydrogens is 324 g/mol. The molecular formula is C19H36O6. The molecule has 148 valence electrons. The van der Waals surface area contributed by atoms with Gasteiger partial charge in [0.15, 0.2) is 12.6 Å². The lowest BCUT2D eigenvalue weighted by Crippen LogP contribution is -2.63. The van der Waals surface area contributed by atoms with E-state index < -0.39 is 30.7 Å². The third-order valence-corrected chi connectivity index (χ3v) is 5.17. The molecule has 6 nitrogen and oxygen atoms in total. The van der Waals surface area contributed by atoms with Gasteiger partial charge in [-0.2, -0.15) is 0 Å². The van der Waals surface area contributed by atoms with Crippen LogP contribution in [0.3, 0.4) is 0 Å². The van der Waals surface area contributed by atoms with Crippen molar-refractivity contribution >= 4 is 0 Å². The van der Waals surface area contributed by atoms with E-state index >= 15 is 0 Å². The summed E-state index contributed by atoms with van der Waals surface area (Å²) in [7, 11) is 1.44. The Bertz CT molecular complexity index is 351. The first kappa shape index (κ1) is 21.1. The minimum Gasteiger partial charge on any atom is -0.387 e. The topological polar surface area (TPSA) is 77.4 Å². The van der Waals surface area contributed by atoms with Gasteiger partial charge in [-0.25, -0.2) is 0 Å². The molecule has 2 aliphatic rings. The molecule has 0 aliphatic carbocycles. The maximum atomic E-state index is 10.2. The molecule has 6 atom stereocenters. The van der Waals surface area contributed by atoms with E-state index in [1.807, 2.05) is 0 Å². The summed E-state index contributed by atoms with van der Waals surface area (Å²) in [5.74, 6) is 0. The summed E-state index contributed by atoms with van der Waals surface area (Å²) in [6, 6.07) is 0. The number of ether oxygens (including phenoxy) is 4. The Morgan fingerprint density at radius 2 is 1.52 bits per heavy atom. The molecule has 0 aromatic carbocycles. The van der Waals surface area contributed by atoms with Crippen molar-refractivity contribution in [3.8, 4) is 0 Å². The molecule has 2 fully saturated rings. The van der Waals surface area contributed by atoms with Crippen LogP contribution in [0.15, 0.2) is 0 Å². The predicted molar refractivity (Wildman–Crippen MR) is 94.1 cm³/mol. The van der Waals surface area contributed by atoms with Crippen LogP contribution in [0.2, 0.25) is 0 Å². The quantitative estimate of drug-likeness (QED) is 0.552. The third-order valence-electron chi connectivity index (χ3n) is 5.17. The molecule has 2 N–H and O–H groups in total. The van der Waals surface area contributed by atoms with Crippen LogP contribution in [0, 0.1) is 0 Å². The average Bonchev–Trinajstić information content (AvgIpc) is 2.63. The molecule has 6 unspecified atom stereocenters. The van der Waals surface area contributed by atoms with Gasteiger partial charge in [-0.15, -0.1) is 0 Å². The van der Waals surface area contributed by atoms with Gasteiger partial charge >= 0.3 is 0 Å². The number of fused-ring (bicyclic) bond motifs is 1. The Morgan fingerprint density at radius 1 is 0.880 bits per heavy atom. The molecule has 0 aromatic heterocycles. The van der Waals surface area contributed by atoms with Crippen molar-refractivity contribution < 1.29 is 29.2 Å². The first-order chi connectivity index (χ1) is 12.2. The number of rotatable bonds is 11. The lowest BCUT2D eigenvalue weighted by Gasteiger charge is -2.45. The summed E-state index contributed by atoms with van der Waals surface area (Å²) >= 11 is 0. The van der Waals surface area contributed by atoms with Crippen molar-refractivity contribution in [1.82, 2.24) is 0 Å². The van der Waals surface area contributed by atoms with Crippen molar-refractivity contribution in [2.24, 2.45) is 0 Å². The molecule has 25 heavy (non-hydrogen) atoms. The average molecular weight is 360 g/mol. The minimum atomic E-state index is -1.10. The summed E-state index contributed by atoms with van der Waals surface area (Å²) in [6.07, 6.45) is 8.08. The molecule has 0 aromatic rings. The lowest BCUT2D eigenvalue weighted by atomic mass is 9.98. The highest BCUT2D eigenvalue weighted by Crippen LogP contribution is 2.30. The van der Waals surface area contributed by atoms with E-state index in [9.17, 15) is 10.2 Å².